The van der Waals surface area contributed by atoms with Crippen molar-refractivity contribution in [3.05, 3.63) is 29.3 Å². The highest BCUT2D eigenvalue weighted by atomic mass is 16.3. The third kappa shape index (κ3) is 4.04. The van der Waals surface area contributed by atoms with Crippen molar-refractivity contribution in [3.63, 3.8) is 0 Å². The van der Waals surface area contributed by atoms with Crippen LogP contribution in [0.5, 0.6) is 0 Å². The maximum atomic E-state index is 11.8. The summed E-state index contributed by atoms with van der Waals surface area (Å²) in [6, 6.07) is 5.74. The number of carbonyl (C=O) groups excluding carboxylic acids is 2. The molecule has 3 N–H and O–H groups in total. The van der Waals surface area contributed by atoms with Crippen molar-refractivity contribution < 1.29 is 14.7 Å². The highest BCUT2D eigenvalue weighted by Gasteiger charge is 2.21. The number of nitrogens with one attached hydrogen (secondary N) is 2. The summed E-state index contributed by atoms with van der Waals surface area (Å²) in [4.78, 5) is 23.5. The Labute approximate surface area is 124 Å². The molecule has 1 aliphatic rings. The second-order valence-corrected chi connectivity index (χ2v) is 5.82. The minimum Gasteiger partial charge on any atom is -0.388 e. The van der Waals surface area contributed by atoms with Crippen molar-refractivity contribution in [2.24, 2.45) is 0 Å². The molecule has 0 radical (unpaired) electrons. The summed E-state index contributed by atoms with van der Waals surface area (Å²) in [5.41, 5.74) is 2.19. The van der Waals surface area contributed by atoms with Crippen molar-refractivity contribution >= 4 is 17.5 Å². The molecule has 0 saturated heterocycles. The molecule has 1 aromatic rings. The molecule has 0 heterocycles. The van der Waals surface area contributed by atoms with Crippen LogP contribution in [0, 0.1) is 0 Å². The van der Waals surface area contributed by atoms with E-state index in [1.54, 1.807) is 6.92 Å². The molecule has 0 fully saturated rings. The third-order valence-corrected chi connectivity index (χ3v) is 3.95. The van der Waals surface area contributed by atoms with Gasteiger partial charge in [0.1, 0.15) is 0 Å². The predicted octanol–water partition coefficient (Wildman–Crippen LogP) is 1.39. The Morgan fingerprint density at radius 1 is 1.24 bits per heavy atom. The summed E-state index contributed by atoms with van der Waals surface area (Å²) in [6.07, 6.45) is 3.74. The second-order valence-electron chi connectivity index (χ2n) is 5.82. The van der Waals surface area contributed by atoms with Crippen LogP contribution in [0.1, 0.15) is 37.8 Å². The first-order valence-corrected chi connectivity index (χ1v) is 7.34. The molecule has 0 aromatic heterocycles. The molecule has 1 aromatic carbocycles. The fraction of sp³-hybridized carbons (Fsp3) is 0.500. The highest BCUT2D eigenvalue weighted by Crippen LogP contribution is 2.24. The van der Waals surface area contributed by atoms with E-state index < -0.39 is 17.4 Å². The number of hydrogen-bond donors (Lipinski definition) is 3. The van der Waals surface area contributed by atoms with Crippen molar-refractivity contribution in [3.8, 4) is 0 Å². The summed E-state index contributed by atoms with van der Waals surface area (Å²) >= 11 is 0. The van der Waals surface area contributed by atoms with Gasteiger partial charge >= 0.3 is 11.8 Å². The molecule has 21 heavy (non-hydrogen) atoms. The summed E-state index contributed by atoms with van der Waals surface area (Å²) in [5.74, 6) is -1.44. The lowest BCUT2D eigenvalue weighted by Crippen LogP contribution is -2.44. The van der Waals surface area contributed by atoms with Crippen molar-refractivity contribution in [1.29, 1.82) is 0 Å². The first kappa shape index (κ1) is 15.5. The first-order chi connectivity index (χ1) is 9.91. The molecular weight excluding hydrogens is 268 g/mol. The van der Waals surface area contributed by atoms with E-state index in [2.05, 4.69) is 10.6 Å². The molecule has 5 nitrogen and oxygen atoms in total. The molecule has 0 spiro atoms. The molecule has 0 bridgehead atoms. The fourth-order valence-corrected chi connectivity index (χ4v) is 2.31. The summed E-state index contributed by atoms with van der Waals surface area (Å²) in [5, 5.41) is 14.8. The fourth-order valence-electron chi connectivity index (χ4n) is 2.31. The lowest BCUT2D eigenvalue weighted by Gasteiger charge is -2.21. The van der Waals surface area contributed by atoms with Crippen LogP contribution in [0.3, 0.4) is 0 Å². The van der Waals surface area contributed by atoms with Gasteiger partial charge in [-0.25, -0.2) is 0 Å². The molecule has 5 heteroatoms. The average molecular weight is 290 g/mol. The van der Waals surface area contributed by atoms with Crippen LogP contribution in [0.4, 0.5) is 5.69 Å². The van der Waals surface area contributed by atoms with Crippen LogP contribution >= 0.6 is 0 Å². The van der Waals surface area contributed by atoms with Crippen LogP contribution in [0.2, 0.25) is 0 Å². The van der Waals surface area contributed by atoms with Crippen LogP contribution in [-0.4, -0.2) is 29.1 Å². The first-order valence-electron chi connectivity index (χ1n) is 7.34. The Kier molecular flexibility index (Phi) is 4.63. The number of aliphatic hydroxyl groups is 1. The van der Waals surface area contributed by atoms with Gasteiger partial charge in [0.15, 0.2) is 0 Å². The largest absolute Gasteiger partial charge is 0.388 e. The predicted molar refractivity (Wildman–Crippen MR) is 81.0 cm³/mol. The number of anilines is 1. The zero-order chi connectivity index (χ0) is 15.5. The zero-order valence-corrected chi connectivity index (χ0v) is 12.5. The molecule has 0 aliphatic heterocycles. The van der Waals surface area contributed by atoms with Crippen LogP contribution in [0.25, 0.3) is 0 Å². The van der Waals surface area contributed by atoms with Gasteiger partial charge in [-0.05, 0) is 55.9 Å². The minimum absolute atomic E-state index is 0.0555. The van der Waals surface area contributed by atoms with Crippen molar-refractivity contribution in [2.45, 2.75) is 45.1 Å². The Balaban J connectivity index is 1.90. The van der Waals surface area contributed by atoms with Gasteiger partial charge in [0.25, 0.3) is 0 Å². The van der Waals surface area contributed by atoms with Crippen LogP contribution in [0.15, 0.2) is 18.2 Å². The van der Waals surface area contributed by atoms with Crippen molar-refractivity contribution in [1.82, 2.24) is 5.32 Å². The Hall–Kier alpha value is -1.88. The molecule has 0 saturated carbocycles. The number of fused-ring (bicyclic) bond motifs is 1. The van der Waals surface area contributed by atoms with Gasteiger partial charge in [-0.15, -0.1) is 0 Å². The van der Waals surface area contributed by atoms with E-state index in [1.807, 2.05) is 25.1 Å². The highest BCUT2D eigenvalue weighted by molar-refractivity contribution is 6.39. The van der Waals surface area contributed by atoms with Crippen molar-refractivity contribution in [2.75, 3.05) is 11.9 Å². The SMILES string of the molecule is CCC(C)(O)CNC(=O)C(=O)Nc1ccc2c(c1)CCC2. The summed E-state index contributed by atoms with van der Waals surface area (Å²) < 4.78 is 0. The number of carbonyl (C=O) groups is 2. The molecule has 1 aliphatic carbocycles. The van der Waals surface area contributed by atoms with Gasteiger partial charge in [-0.2, -0.15) is 0 Å². The van der Waals surface area contributed by atoms with E-state index in [0.29, 0.717) is 12.1 Å². The maximum absolute atomic E-state index is 11.8. The lowest BCUT2D eigenvalue weighted by molar-refractivity contribution is -0.136. The molecule has 1 atom stereocenters. The Morgan fingerprint density at radius 2 is 1.95 bits per heavy atom. The van der Waals surface area contributed by atoms with E-state index in [-0.39, 0.29) is 6.54 Å². The zero-order valence-electron chi connectivity index (χ0n) is 12.5. The standard InChI is InChI=1S/C16H22N2O3/c1-3-16(2,21)10-17-14(19)15(20)18-13-8-7-11-5-4-6-12(11)9-13/h7-9,21H,3-6,10H2,1-2H3,(H,17,19)(H,18,20). The van der Waals surface area contributed by atoms with E-state index in [1.165, 1.54) is 11.1 Å². The normalized spacial score (nSPS) is 16.0. The lowest BCUT2D eigenvalue weighted by atomic mass is 10.0. The van der Waals surface area contributed by atoms with Gasteiger partial charge in [-0.3, -0.25) is 9.59 Å². The van der Waals surface area contributed by atoms with Crippen LogP contribution < -0.4 is 10.6 Å². The van der Waals surface area contributed by atoms with E-state index >= 15 is 0 Å². The molecular formula is C16H22N2O3. The van der Waals surface area contributed by atoms with Gasteiger partial charge in [-0.1, -0.05) is 13.0 Å². The smallest absolute Gasteiger partial charge is 0.313 e. The summed E-state index contributed by atoms with van der Waals surface area (Å²) in [7, 11) is 0. The minimum atomic E-state index is -0.997. The number of aryl methyl sites for hydroxylation is 2. The summed E-state index contributed by atoms with van der Waals surface area (Å²) in [6.45, 7) is 3.49. The molecule has 2 rings (SSSR count). The van der Waals surface area contributed by atoms with Gasteiger partial charge in [0.05, 0.1) is 5.60 Å². The quantitative estimate of drug-likeness (QED) is 0.733. The maximum Gasteiger partial charge on any atom is 0.313 e. The second kappa shape index (κ2) is 6.26. The van der Waals surface area contributed by atoms with E-state index in [0.717, 1.165) is 19.3 Å². The van der Waals surface area contributed by atoms with Crippen LogP contribution in [-0.2, 0) is 22.4 Å². The Bertz CT molecular complexity index is 552. The number of rotatable bonds is 4. The number of hydrogen-bond acceptors (Lipinski definition) is 3. The third-order valence-electron chi connectivity index (χ3n) is 3.95. The molecule has 1 unspecified atom stereocenters. The number of benzene rings is 1. The molecule has 114 valence electrons. The molecule has 2 amide bonds. The monoisotopic (exact) mass is 290 g/mol. The Morgan fingerprint density at radius 3 is 2.67 bits per heavy atom. The van der Waals surface area contributed by atoms with Gasteiger partial charge in [0.2, 0.25) is 0 Å². The van der Waals surface area contributed by atoms with E-state index in [9.17, 15) is 14.7 Å². The van der Waals surface area contributed by atoms with E-state index in [4.69, 9.17) is 0 Å². The van der Waals surface area contributed by atoms with Gasteiger partial charge in [0, 0.05) is 12.2 Å². The topological polar surface area (TPSA) is 78.4 Å². The number of amides is 2. The van der Waals surface area contributed by atoms with Gasteiger partial charge < -0.3 is 15.7 Å². The average Bonchev–Trinajstić information content (AvgIpc) is 2.92.